The number of hydrogen-bond acceptors (Lipinski definition) is 4. The van der Waals surface area contributed by atoms with Crippen LogP contribution in [0.5, 0.6) is 0 Å². The van der Waals surface area contributed by atoms with E-state index in [2.05, 4.69) is 20.7 Å². The first-order chi connectivity index (χ1) is 10.8. The second-order valence-corrected chi connectivity index (χ2v) is 5.44. The molecule has 2 N–H and O–H groups in total. The summed E-state index contributed by atoms with van der Waals surface area (Å²) in [7, 11) is 0. The van der Waals surface area contributed by atoms with Gasteiger partial charge in [0.25, 0.3) is 0 Å². The lowest BCUT2D eigenvalue weighted by Crippen LogP contribution is -2.43. The Morgan fingerprint density at radius 1 is 1.36 bits per heavy atom. The first kappa shape index (κ1) is 14.7. The lowest BCUT2D eigenvalue weighted by atomic mass is 10.0. The van der Waals surface area contributed by atoms with Crippen molar-refractivity contribution >= 4 is 11.9 Å². The zero-order valence-electron chi connectivity index (χ0n) is 12.7. The minimum Gasteiger partial charge on any atom is -0.306 e. The lowest BCUT2D eigenvalue weighted by Gasteiger charge is -2.21. The second-order valence-electron chi connectivity index (χ2n) is 5.44. The summed E-state index contributed by atoms with van der Waals surface area (Å²) in [4.78, 5) is 16.7. The van der Waals surface area contributed by atoms with Gasteiger partial charge in [-0.25, -0.2) is 4.68 Å². The van der Waals surface area contributed by atoms with Gasteiger partial charge in [0.1, 0.15) is 5.82 Å². The van der Waals surface area contributed by atoms with Crippen LogP contribution in [0.1, 0.15) is 32.0 Å². The lowest BCUT2D eigenvalue weighted by molar-refractivity contribution is -0.118. The average Bonchev–Trinajstić information content (AvgIpc) is 2.99. The number of amides is 1. The third kappa shape index (κ3) is 3.17. The molecular weight excluding hydrogens is 278 g/mol. The predicted molar refractivity (Wildman–Crippen MR) is 85.0 cm³/mol. The van der Waals surface area contributed by atoms with E-state index in [4.69, 9.17) is 0 Å². The van der Waals surface area contributed by atoms with Crippen LogP contribution in [0.15, 0.2) is 30.3 Å². The highest BCUT2D eigenvalue weighted by molar-refractivity contribution is 5.93. The van der Waals surface area contributed by atoms with Crippen LogP contribution in [0.25, 0.3) is 5.69 Å². The predicted octanol–water partition coefficient (Wildman–Crippen LogP) is 1.91. The van der Waals surface area contributed by atoms with E-state index < -0.39 is 0 Å². The van der Waals surface area contributed by atoms with Crippen molar-refractivity contribution in [1.82, 2.24) is 20.1 Å². The van der Waals surface area contributed by atoms with Crippen molar-refractivity contribution in [3.05, 3.63) is 36.2 Å². The summed E-state index contributed by atoms with van der Waals surface area (Å²) in [6.45, 7) is 2.92. The van der Waals surface area contributed by atoms with Gasteiger partial charge < -0.3 is 5.32 Å². The molecule has 116 valence electrons. The van der Waals surface area contributed by atoms with Gasteiger partial charge in [-0.05, 0) is 31.5 Å². The van der Waals surface area contributed by atoms with E-state index in [1.807, 2.05) is 37.3 Å². The van der Waals surface area contributed by atoms with E-state index in [0.717, 1.165) is 43.7 Å². The minimum atomic E-state index is -0.137. The maximum atomic E-state index is 12.3. The first-order valence-electron chi connectivity index (χ1n) is 7.83. The zero-order chi connectivity index (χ0) is 15.4. The van der Waals surface area contributed by atoms with Gasteiger partial charge >= 0.3 is 0 Å². The fourth-order valence-electron chi connectivity index (χ4n) is 2.68. The molecule has 1 aliphatic heterocycles. The Labute approximate surface area is 129 Å². The summed E-state index contributed by atoms with van der Waals surface area (Å²) in [6, 6.07) is 9.69. The number of rotatable bonds is 4. The highest BCUT2D eigenvalue weighted by atomic mass is 16.2. The van der Waals surface area contributed by atoms with Crippen molar-refractivity contribution in [2.24, 2.45) is 0 Å². The van der Waals surface area contributed by atoms with Crippen molar-refractivity contribution in [3.8, 4) is 5.69 Å². The van der Waals surface area contributed by atoms with Gasteiger partial charge in [-0.1, -0.05) is 31.5 Å². The summed E-state index contributed by atoms with van der Waals surface area (Å²) in [5.41, 5.74) is 0.947. The molecule has 22 heavy (non-hydrogen) atoms. The molecule has 2 heterocycles. The number of hydrogen-bond donors (Lipinski definition) is 2. The number of nitrogens with one attached hydrogen (secondary N) is 2. The molecular formula is C16H21N5O. The van der Waals surface area contributed by atoms with Crippen molar-refractivity contribution < 1.29 is 4.79 Å². The van der Waals surface area contributed by atoms with E-state index in [1.54, 1.807) is 4.68 Å². The number of nitrogens with zero attached hydrogens (tertiary/aromatic N) is 3. The molecule has 1 atom stereocenters. The Balaban J connectivity index is 1.77. The molecule has 2 aromatic rings. The Kier molecular flexibility index (Phi) is 4.48. The Morgan fingerprint density at radius 2 is 2.18 bits per heavy atom. The van der Waals surface area contributed by atoms with E-state index in [0.29, 0.717) is 5.95 Å². The molecule has 6 heteroatoms. The Bertz CT molecular complexity index is 631. The first-order valence-corrected chi connectivity index (χ1v) is 7.83. The molecule has 1 aromatic heterocycles. The van der Waals surface area contributed by atoms with Gasteiger partial charge in [0.2, 0.25) is 11.9 Å². The number of aromatic nitrogens is 3. The summed E-state index contributed by atoms with van der Waals surface area (Å²) < 4.78 is 1.78. The molecule has 1 aliphatic rings. The number of benzene rings is 1. The van der Waals surface area contributed by atoms with Gasteiger partial charge in [0.15, 0.2) is 0 Å². The molecule has 3 rings (SSSR count). The maximum absolute atomic E-state index is 12.3. The van der Waals surface area contributed by atoms with Crippen molar-refractivity contribution in [3.63, 3.8) is 0 Å². The third-order valence-electron chi connectivity index (χ3n) is 3.85. The van der Waals surface area contributed by atoms with Crippen LogP contribution in [0.4, 0.5) is 5.95 Å². The molecule has 0 aliphatic carbocycles. The fourth-order valence-corrected chi connectivity index (χ4v) is 2.68. The second kappa shape index (κ2) is 6.70. The van der Waals surface area contributed by atoms with Crippen LogP contribution in [-0.2, 0) is 11.2 Å². The van der Waals surface area contributed by atoms with Gasteiger partial charge in [-0.3, -0.25) is 10.1 Å². The smallest absolute Gasteiger partial charge is 0.249 e. The number of aryl methyl sites for hydroxylation is 1. The van der Waals surface area contributed by atoms with Gasteiger partial charge in [0.05, 0.1) is 11.7 Å². The molecule has 1 saturated heterocycles. The molecule has 1 unspecified atom stereocenters. The van der Waals surface area contributed by atoms with Crippen molar-refractivity contribution in [2.75, 3.05) is 11.9 Å². The van der Waals surface area contributed by atoms with Crippen LogP contribution in [-0.4, -0.2) is 33.3 Å². The van der Waals surface area contributed by atoms with Gasteiger partial charge in [-0.2, -0.15) is 4.98 Å². The molecule has 1 fully saturated rings. The SMILES string of the molecule is CCc1nc(NC(=O)C2CCCCN2)nn1-c1ccccc1. The topological polar surface area (TPSA) is 71.8 Å². The Hall–Kier alpha value is -2.21. The maximum Gasteiger partial charge on any atom is 0.249 e. The summed E-state index contributed by atoms with van der Waals surface area (Å²) >= 11 is 0. The normalized spacial score (nSPS) is 18.1. The summed E-state index contributed by atoms with van der Waals surface area (Å²) in [5.74, 6) is 1.16. The molecule has 1 aromatic carbocycles. The number of carbonyl (C=O) groups excluding carboxylic acids is 1. The Morgan fingerprint density at radius 3 is 2.86 bits per heavy atom. The third-order valence-corrected chi connectivity index (χ3v) is 3.85. The number of para-hydroxylation sites is 1. The average molecular weight is 299 g/mol. The molecule has 0 spiro atoms. The summed E-state index contributed by atoms with van der Waals surface area (Å²) in [6.07, 6.45) is 3.83. The van der Waals surface area contributed by atoms with Crippen molar-refractivity contribution in [2.45, 2.75) is 38.6 Å². The zero-order valence-corrected chi connectivity index (χ0v) is 12.7. The van der Waals surface area contributed by atoms with Crippen LogP contribution < -0.4 is 10.6 Å². The highest BCUT2D eigenvalue weighted by Crippen LogP contribution is 2.14. The van der Waals surface area contributed by atoms with Crippen LogP contribution in [0.2, 0.25) is 0 Å². The highest BCUT2D eigenvalue weighted by Gasteiger charge is 2.22. The largest absolute Gasteiger partial charge is 0.306 e. The molecule has 0 saturated carbocycles. The van der Waals surface area contributed by atoms with E-state index in [1.165, 1.54) is 0 Å². The van der Waals surface area contributed by atoms with Crippen LogP contribution >= 0.6 is 0 Å². The standard InChI is InChI=1S/C16H21N5O/c1-2-14-18-16(19-15(22)13-10-6-7-11-17-13)20-21(14)12-8-4-3-5-9-12/h3-5,8-9,13,17H,2,6-7,10-11H2,1H3,(H,19,20,22). The van der Waals surface area contributed by atoms with Crippen LogP contribution in [0.3, 0.4) is 0 Å². The molecule has 6 nitrogen and oxygen atoms in total. The van der Waals surface area contributed by atoms with Gasteiger partial charge in [-0.15, -0.1) is 5.10 Å². The van der Waals surface area contributed by atoms with Crippen LogP contribution in [0, 0.1) is 0 Å². The van der Waals surface area contributed by atoms with Crippen molar-refractivity contribution in [1.29, 1.82) is 0 Å². The summed E-state index contributed by atoms with van der Waals surface area (Å²) in [5, 5.41) is 10.5. The van der Waals surface area contributed by atoms with Gasteiger partial charge in [0, 0.05) is 6.42 Å². The number of piperidine rings is 1. The molecule has 1 amide bonds. The number of carbonyl (C=O) groups is 1. The van der Waals surface area contributed by atoms with E-state index in [-0.39, 0.29) is 11.9 Å². The number of anilines is 1. The quantitative estimate of drug-likeness (QED) is 0.904. The van der Waals surface area contributed by atoms with E-state index in [9.17, 15) is 4.79 Å². The fraction of sp³-hybridized carbons (Fsp3) is 0.438. The minimum absolute atomic E-state index is 0.0486. The van der Waals surface area contributed by atoms with E-state index >= 15 is 0 Å². The molecule has 0 bridgehead atoms. The molecule has 0 radical (unpaired) electrons. The monoisotopic (exact) mass is 299 g/mol.